The minimum Gasteiger partial charge on any atom is -0.295 e. The number of allylic oxidation sites excluding steroid dienone is 4. The summed E-state index contributed by atoms with van der Waals surface area (Å²) in [5.41, 5.74) is 2.33. The molecule has 1 atom stereocenters. The predicted molar refractivity (Wildman–Crippen MR) is 46.3 cm³/mol. The molecule has 0 aromatic carbocycles. The summed E-state index contributed by atoms with van der Waals surface area (Å²) in [7, 11) is 0. The van der Waals surface area contributed by atoms with Gasteiger partial charge in [0.2, 0.25) is 0 Å². The molecule has 0 saturated carbocycles. The van der Waals surface area contributed by atoms with Crippen LogP contribution in [0.2, 0.25) is 0 Å². The van der Waals surface area contributed by atoms with Crippen molar-refractivity contribution in [2.24, 2.45) is 5.92 Å². The molecule has 0 heterocycles. The summed E-state index contributed by atoms with van der Waals surface area (Å²) >= 11 is 0. The molecule has 1 heteroatoms. The zero-order valence-corrected chi connectivity index (χ0v) is 7.35. The molecular weight excluding hydrogens is 136 g/mol. The first-order chi connectivity index (χ1) is 5.11. The standard InChI is InChI=1S/C10H14O/c1-7-4-5-10(9(3)11)6-8(7)2/h4-5,8H,6H2,1-3H3. The van der Waals surface area contributed by atoms with Crippen molar-refractivity contribution in [3.8, 4) is 0 Å². The van der Waals surface area contributed by atoms with E-state index in [1.54, 1.807) is 6.92 Å². The second-order valence-corrected chi connectivity index (χ2v) is 3.26. The van der Waals surface area contributed by atoms with Gasteiger partial charge in [0.25, 0.3) is 0 Å². The van der Waals surface area contributed by atoms with E-state index in [1.165, 1.54) is 5.57 Å². The molecule has 0 aromatic heterocycles. The van der Waals surface area contributed by atoms with Gasteiger partial charge in [0, 0.05) is 0 Å². The topological polar surface area (TPSA) is 17.1 Å². The van der Waals surface area contributed by atoms with E-state index in [4.69, 9.17) is 0 Å². The van der Waals surface area contributed by atoms with Gasteiger partial charge in [0.1, 0.15) is 0 Å². The maximum atomic E-state index is 11.0. The Balaban J connectivity index is 2.82. The molecule has 1 unspecified atom stereocenters. The second kappa shape index (κ2) is 3.04. The summed E-state index contributed by atoms with van der Waals surface area (Å²) in [5.74, 6) is 0.750. The molecule has 0 spiro atoms. The zero-order valence-electron chi connectivity index (χ0n) is 7.35. The third-order valence-corrected chi connectivity index (χ3v) is 2.30. The summed E-state index contributed by atoms with van der Waals surface area (Å²) in [6.45, 7) is 5.90. The van der Waals surface area contributed by atoms with Gasteiger partial charge in [-0.1, -0.05) is 24.6 Å². The lowest BCUT2D eigenvalue weighted by molar-refractivity contribution is -0.113. The van der Waals surface area contributed by atoms with E-state index < -0.39 is 0 Å². The van der Waals surface area contributed by atoms with E-state index in [0.717, 1.165) is 12.0 Å². The quantitative estimate of drug-likeness (QED) is 0.561. The molecule has 11 heavy (non-hydrogen) atoms. The molecule has 0 aromatic rings. The van der Waals surface area contributed by atoms with Crippen molar-refractivity contribution >= 4 is 5.78 Å². The Morgan fingerprint density at radius 2 is 2.18 bits per heavy atom. The second-order valence-electron chi connectivity index (χ2n) is 3.26. The van der Waals surface area contributed by atoms with Gasteiger partial charge in [-0.05, 0) is 31.8 Å². The molecule has 0 amide bonds. The molecule has 0 aliphatic heterocycles. The van der Waals surface area contributed by atoms with Crippen LogP contribution in [0.15, 0.2) is 23.3 Å². The first-order valence-electron chi connectivity index (χ1n) is 3.99. The van der Waals surface area contributed by atoms with E-state index in [-0.39, 0.29) is 5.78 Å². The van der Waals surface area contributed by atoms with Crippen LogP contribution in [-0.4, -0.2) is 5.78 Å². The van der Waals surface area contributed by atoms with Crippen molar-refractivity contribution in [3.05, 3.63) is 23.3 Å². The number of Topliss-reactive ketones (excluding diaryl/α,β-unsaturated/α-hetero) is 1. The summed E-state index contributed by atoms with van der Waals surface area (Å²) < 4.78 is 0. The van der Waals surface area contributed by atoms with Crippen molar-refractivity contribution in [1.29, 1.82) is 0 Å². The number of hydrogen-bond acceptors (Lipinski definition) is 1. The van der Waals surface area contributed by atoms with E-state index in [9.17, 15) is 4.79 Å². The highest BCUT2D eigenvalue weighted by Crippen LogP contribution is 2.24. The fourth-order valence-corrected chi connectivity index (χ4v) is 1.22. The van der Waals surface area contributed by atoms with Gasteiger partial charge in [-0.2, -0.15) is 0 Å². The van der Waals surface area contributed by atoms with Crippen molar-refractivity contribution in [1.82, 2.24) is 0 Å². The van der Waals surface area contributed by atoms with E-state index >= 15 is 0 Å². The van der Waals surface area contributed by atoms with Crippen LogP contribution in [0, 0.1) is 5.92 Å². The lowest BCUT2D eigenvalue weighted by Gasteiger charge is -2.16. The van der Waals surface area contributed by atoms with Crippen LogP contribution in [0.3, 0.4) is 0 Å². The lowest BCUT2D eigenvalue weighted by atomic mass is 9.88. The van der Waals surface area contributed by atoms with Crippen LogP contribution in [0.5, 0.6) is 0 Å². The largest absolute Gasteiger partial charge is 0.295 e. The Kier molecular flexibility index (Phi) is 2.28. The minimum atomic E-state index is 0.209. The molecule has 0 N–H and O–H groups in total. The number of hydrogen-bond donors (Lipinski definition) is 0. The van der Waals surface area contributed by atoms with Gasteiger partial charge < -0.3 is 0 Å². The Hall–Kier alpha value is -0.850. The normalized spacial score (nSPS) is 24.1. The summed E-state index contributed by atoms with van der Waals surface area (Å²) in [6, 6.07) is 0. The average Bonchev–Trinajstić information content (AvgIpc) is 1.94. The molecule has 1 aliphatic carbocycles. The highest BCUT2D eigenvalue weighted by atomic mass is 16.1. The third-order valence-electron chi connectivity index (χ3n) is 2.30. The van der Waals surface area contributed by atoms with Crippen LogP contribution in [-0.2, 0) is 4.79 Å². The Bertz CT molecular complexity index is 233. The molecule has 1 rings (SSSR count). The fourth-order valence-electron chi connectivity index (χ4n) is 1.22. The molecule has 1 nitrogen and oxygen atoms in total. The molecular formula is C10H14O. The number of ketones is 1. The SMILES string of the molecule is CC(=O)C1=CC=C(C)C(C)C1. The van der Waals surface area contributed by atoms with Crippen LogP contribution < -0.4 is 0 Å². The smallest absolute Gasteiger partial charge is 0.155 e. The van der Waals surface area contributed by atoms with Gasteiger partial charge in [0.15, 0.2) is 5.78 Å². The van der Waals surface area contributed by atoms with Gasteiger partial charge >= 0.3 is 0 Å². The van der Waals surface area contributed by atoms with E-state index in [0.29, 0.717) is 5.92 Å². The van der Waals surface area contributed by atoms with Gasteiger partial charge in [-0.15, -0.1) is 0 Å². The predicted octanol–water partition coefficient (Wildman–Crippen LogP) is 2.49. The number of carbonyl (C=O) groups is 1. The van der Waals surface area contributed by atoms with Gasteiger partial charge in [-0.3, -0.25) is 4.79 Å². The van der Waals surface area contributed by atoms with Gasteiger partial charge in [-0.25, -0.2) is 0 Å². The Morgan fingerprint density at radius 1 is 1.55 bits per heavy atom. The molecule has 0 bridgehead atoms. The Labute approximate surface area is 67.8 Å². The van der Waals surface area contributed by atoms with Crippen LogP contribution in [0.25, 0.3) is 0 Å². The van der Waals surface area contributed by atoms with E-state index in [2.05, 4.69) is 13.8 Å². The maximum absolute atomic E-state index is 11.0. The molecule has 60 valence electrons. The molecule has 1 aliphatic rings. The number of carbonyl (C=O) groups excluding carboxylic acids is 1. The maximum Gasteiger partial charge on any atom is 0.155 e. The minimum absolute atomic E-state index is 0.209. The summed E-state index contributed by atoms with van der Waals surface area (Å²) in [5, 5.41) is 0. The third kappa shape index (κ3) is 1.79. The average molecular weight is 150 g/mol. The number of rotatable bonds is 1. The summed E-state index contributed by atoms with van der Waals surface area (Å²) in [4.78, 5) is 11.0. The van der Waals surface area contributed by atoms with Crippen molar-refractivity contribution < 1.29 is 4.79 Å². The van der Waals surface area contributed by atoms with Gasteiger partial charge in [0.05, 0.1) is 0 Å². The monoisotopic (exact) mass is 150 g/mol. The highest BCUT2D eigenvalue weighted by Gasteiger charge is 2.13. The van der Waals surface area contributed by atoms with Crippen LogP contribution in [0.4, 0.5) is 0 Å². The fraction of sp³-hybridized carbons (Fsp3) is 0.500. The summed E-state index contributed by atoms with van der Waals surface area (Å²) in [6.07, 6.45) is 4.90. The molecule has 0 saturated heterocycles. The van der Waals surface area contributed by atoms with Crippen molar-refractivity contribution in [3.63, 3.8) is 0 Å². The van der Waals surface area contributed by atoms with Crippen molar-refractivity contribution in [2.75, 3.05) is 0 Å². The van der Waals surface area contributed by atoms with Crippen LogP contribution in [0.1, 0.15) is 27.2 Å². The van der Waals surface area contributed by atoms with Crippen molar-refractivity contribution in [2.45, 2.75) is 27.2 Å². The van der Waals surface area contributed by atoms with E-state index in [1.807, 2.05) is 12.2 Å². The lowest BCUT2D eigenvalue weighted by Crippen LogP contribution is -2.07. The first kappa shape index (κ1) is 8.25. The zero-order chi connectivity index (χ0) is 8.43. The molecule has 0 radical (unpaired) electrons. The highest BCUT2D eigenvalue weighted by molar-refractivity contribution is 5.93. The first-order valence-corrected chi connectivity index (χ1v) is 3.99. The molecule has 0 fully saturated rings. The van der Waals surface area contributed by atoms with Crippen LogP contribution >= 0.6 is 0 Å². The Morgan fingerprint density at radius 3 is 2.64 bits per heavy atom.